The first-order chi connectivity index (χ1) is 21.9. The van der Waals surface area contributed by atoms with Crippen LogP contribution in [0.25, 0.3) is 0 Å². The zero-order chi connectivity index (χ0) is 33.1. The van der Waals surface area contributed by atoms with Gasteiger partial charge in [-0.2, -0.15) is 0 Å². The average molecular weight is 674 g/mol. The van der Waals surface area contributed by atoms with Gasteiger partial charge in [0.1, 0.15) is 12.4 Å². The Labute approximate surface area is 276 Å². The molecule has 4 atom stereocenters. The van der Waals surface area contributed by atoms with Gasteiger partial charge in [0.25, 0.3) is 5.91 Å². The van der Waals surface area contributed by atoms with Crippen molar-refractivity contribution in [3.05, 3.63) is 70.3 Å². The summed E-state index contributed by atoms with van der Waals surface area (Å²) in [6.45, 7) is 2.02. The van der Waals surface area contributed by atoms with Gasteiger partial charge < -0.3 is 24.4 Å². The Bertz CT molecular complexity index is 1580. The number of hydrogen-bond donors (Lipinski definition) is 2. The van der Waals surface area contributed by atoms with Gasteiger partial charge in [-0.3, -0.25) is 14.3 Å². The third-order valence-electron chi connectivity index (χ3n) is 9.52. The zero-order valence-electron chi connectivity index (χ0n) is 26.7. The fraction of sp³-hybridized carbons (Fsp3) is 0.529. The van der Waals surface area contributed by atoms with Gasteiger partial charge in [0.2, 0.25) is 15.9 Å². The number of carbonyl (C=O) groups excluding carboxylic acids is 2. The third kappa shape index (κ3) is 7.87. The van der Waals surface area contributed by atoms with Gasteiger partial charge in [0.15, 0.2) is 5.60 Å². The number of amides is 2. The van der Waals surface area contributed by atoms with E-state index in [1.165, 1.54) is 11.0 Å². The van der Waals surface area contributed by atoms with Crippen LogP contribution in [0.5, 0.6) is 5.75 Å². The first-order valence-corrected chi connectivity index (χ1v) is 18.1. The molecule has 10 nitrogen and oxygen atoms in total. The summed E-state index contributed by atoms with van der Waals surface area (Å²) in [6, 6.07) is 10.7. The van der Waals surface area contributed by atoms with E-state index >= 15 is 0 Å². The number of nitrogens with zero attached hydrogens (tertiary/aromatic N) is 2. The summed E-state index contributed by atoms with van der Waals surface area (Å²) in [4.78, 5) is 30.6. The summed E-state index contributed by atoms with van der Waals surface area (Å²) in [5.41, 5.74) is 0.472. The highest BCUT2D eigenvalue weighted by molar-refractivity contribution is 7.89. The van der Waals surface area contributed by atoms with E-state index in [0.29, 0.717) is 54.4 Å². The highest BCUT2D eigenvalue weighted by Crippen LogP contribution is 2.42. The number of benzene rings is 2. The number of fused-ring (bicyclic) bond motifs is 3. The summed E-state index contributed by atoms with van der Waals surface area (Å²) in [5.74, 6) is -0.496. The number of ether oxygens (including phenoxy) is 2. The van der Waals surface area contributed by atoms with E-state index in [2.05, 4.69) is 11.0 Å². The fourth-order valence-corrected chi connectivity index (χ4v) is 7.37. The normalized spacial score (nSPS) is 26.8. The Morgan fingerprint density at radius 3 is 2.65 bits per heavy atom. The van der Waals surface area contributed by atoms with Crippen molar-refractivity contribution < 1.29 is 32.6 Å². The number of rotatable bonds is 3. The molecule has 0 aromatic heterocycles. The predicted molar refractivity (Wildman–Crippen MR) is 177 cm³/mol. The van der Waals surface area contributed by atoms with Gasteiger partial charge in [0, 0.05) is 38.8 Å². The molecular formula is C34H44ClN3O7S. The SMILES string of the molecule is CO[C@H]1/C=C/CCN(C)C(=O)C[C@](O)(C(=O)NS(C)(=O)=O)c2ccc3c(c2)N(CCCCc2cc(Cl)ccc2CO3)C[C@@H]2CC[C@H]21. The molecule has 0 spiro atoms. The van der Waals surface area contributed by atoms with Crippen LogP contribution >= 0.6 is 11.6 Å². The molecule has 2 aromatic carbocycles. The van der Waals surface area contributed by atoms with Crippen LogP contribution in [0.15, 0.2) is 48.6 Å². The van der Waals surface area contributed by atoms with Crippen molar-refractivity contribution in [3.63, 3.8) is 0 Å². The molecule has 0 unspecified atom stereocenters. The van der Waals surface area contributed by atoms with Gasteiger partial charge in [-0.15, -0.1) is 0 Å². The van der Waals surface area contributed by atoms with Crippen molar-refractivity contribution in [2.45, 2.75) is 63.3 Å². The van der Waals surface area contributed by atoms with Crippen molar-refractivity contribution in [1.82, 2.24) is 9.62 Å². The molecule has 1 fully saturated rings. The molecule has 250 valence electrons. The van der Waals surface area contributed by atoms with Crippen LogP contribution in [0.4, 0.5) is 5.69 Å². The second-order valence-electron chi connectivity index (χ2n) is 12.8. The first-order valence-electron chi connectivity index (χ1n) is 15.9. The fourth-order valence-electron chi connectivity index (χ4n) is 6.67. The number of halogens is 1. The standard InChI is InChI=1S/C34H44ClN3O7S/c1-37-16-6-5-9-30(44-2)28-14-11-24(28)21-38-17-7-4-8-23-18-27(35)13-10-25(23)22-45-31-15-12-26(19-29(31)38)34(41,20-32(37)39)33(40)36-46(3,42)43/h5,9-10,12-13,15,18-19,24,28,30,41H,4,6-8,11,14,16-17,20-22H2,1-3H3,(H,36,40)/b9-5+/t24-,28+,30-,34+/m0/s1. The molecule has 0 saturated heterocycles. The van der Waals surface area contributed by atoms with Crippen LogP contribution in [-0.2, 0) is 43.0 Å². The number of aliphatic hydroxyl groups is 1. The van der Waals surface area contributed by atoms with Gasteiger partial charge in [0.05, 0.1) is 24.5 Å². The Balaban J connectivity index is 1.62. The molecule has 3 aliphatic rings. The smallest absolute Gasteiger partial charge is 0.270 e. The van der Waals surface area contributed by atoms with Crippen LogP contribution in [0.2, 0.25) is 5.02 Å². The molecule has 5 rings (SSSR count). The molecule has 1 aliphatic carbocycles. The molecule has 1 saturated carbocycles. The summed E-state index contributed by atoms with van der Waals surface area (Å²) in [7, 11) is -0.709. The predicted octanol–water partition coefficient (Wildman–Crippen LogP) is 4.17. The molecule has 2 aromatic rings. The van der Waals surface area contributed by atoms with Crippen LogP contribution in [-0.4, -0.2) is 76.4 Å². The number of sulfonamides is 1. The van der Waals surface area contributed by atoms with Crippen molar-refractivity contribution in [1.29, 1.82) is 0 Å². The highest BCUT2D eigenvalue weighted by Gasteiger charge is 2.43. The lowest BCUT2D eigenvalue weighted by atomic mass is 9.70. The second-order valence-corrected chi connectivity index (χ2v) is 14.9. The van der Waals surface area contributed by atoms with Crippen molar-refractivity contribution >= 4 is 39.1 Å². The summed E-state index contributed by atoms with van der Waals surface area (Å²) >= 11 is 6.33. The van der Waals surface area contributed by atoms with Crippen molar-refractivity contribution in [2.75, 3.05) is 44.9 Å². The van der Waals surface area contributed by atoms with Crippen molar-refractivity contribution in [3.8, 4) is 5.75 Å². The molecule has 12 heteroatoms. The Kier molecular flexibility index (Phi) is 10.7. The maximum atomic E-state index is 13.5. The summed E-state index contributed by atoms with van der Waals surface area (Å²) in [6.07, 6.45) is 9.47. The maximum absolute atomic E-state index is 13.5. The van der Waals surface area contributed by atoms with Gasteiger partial charge >= 0.3 is 0 Å². The van der Waals surface area contributed by atoms with E-state index in [-0.39, 0.29) is 18.3 Å². The summed E-state index contributed by atoms with van der Waals surface area (Å²) in [5, 5.41) is 12.7. The van der Waals surface area contributed by atoms with E-state index in [1.54, 1.807) is 26.3 Å². The Morgan fingerprint density at radius 1 is 1.13 bits per heavy atom. The van der Waals surface area contributed by atoms with E-state index in [9.17, 15) is 23.1 Å². The monoisotopic (exact) mass is 673 g/mol. The maximum Gasteiger partial charge on any atom is 0.270 e. The lowest BCUT2D eigenvalue weighted by Gasteiger charge is -2.43. The topological polar surface area (TPSA) is 125 Å². The lowest BCUT2D eigenvalue weighted by Crippen LogP contribution is -2.49. The quantitative estimate of drug-likeness (QED) is 0.465. The number of carbonyl (C=O) groups is 2. The van der Waals surface area contributed by atoms with Crippen LogP contribution < -0.4 is 14.4 Å². The Hall–Kier alpha value is -3.12. The largest absolute Gasteiger partial charge is 0.487 e. The van der Waals surface area contributed by atoms with E-state index in [1.807, 2.05) is 29.0 Å². The average Bonchev–Trinajstić information content (AvgIpc) is 3.02. The first kappa shape index (κ1) is 34.2. The van der Waals surface area contributed by atoms with E-state index < -0.39 is 33.9 Å². The molecular weight excluding hydrogens is 630 g/mol. The van der Waals surface area contributed by atoms with Gasteiger partial charge in [-0.25, -0.2) is 8.42 Å². The molecule has 2 bridgehead atoms. The molecule has 2 heterocycles. The molecule has 46 heavy (non-hydrogen) atoms. The third-order valence-corrected chi connectivity index (χ3v) is 10.3. The number of nitrogens with one attached hydrogen (secondary N) is 1. The van der Waals surface area contributed by atoms with Crippen LogP contribution in [0.1, 0.15) is 55.2 Å². The minimum absolute atomic E-state index is 0.0531. The molecule has 2 aliphatic heterocycles. The van der Waals surface area contributed by atoms with Crippen LogP contribution in [0, 0.1) is 11.8 Å². The minimum atomic E-state index is -4.04. The lowest BCUT2D eigenvalue weighted by molar-refractivity contribution is -0.148. The Morgan fingerprint density at radius 2 is 1.93 bits per heavy atom. The zero-order valence-corrected chi connectivity index (χ0v) is 28.3. The van der Waals surface area contributed by atoms with Crippen molar-refractivity contribution in [2.24, 2.45) is 11.8 Å². The highest BCUT2D eigenvalue weighted by atomic mass is 35.5. The summed E-state index contributed by atoms with van der Waals surface area (Å²) < 4.78 is 38.5. The van der Waals surface area contributed by atoms with E-state index in [4.69, 9.17) is 21.1 Å². The molecule has 0 radical (unpaired) electrons. The van der Waals surface area contributed by atoms with Gasteiger partial charge in [-0.05, 0) is 91.3 Å². The number of hydrogen-bond acceptors (Lipinski definition) is 8. The minimum Gasteiger partial charge on any atom is -0.487 e. The van der Waals surface area contributed by atoms with E-state index in [0.717, 1.165) is 49.5 Å². The molecule has 2 N–H and O–H groups in total. The number of methoxy groups -OCH3 is 1. The van der Waals surface area contributed by atoms with Gasteiger partial charge in [-0.1, -0.05) is 35.9 Å². The number of anilines is 1. The van der Waals surface area contributed by atoms with Crippen LogP contribution in [0.3, 0.4) is 0 Å². The molecule has 2 amide bonds. The second kappa shape index (κ2) is 14.3. The number of aryl methyl sites for hydroxylation is 1.